The lowest BCUT2D eigenvalue weighted by atomic mass is 9.82. The van der Waals surface area contributed by atoms with E-state index in [1.165, 1.54) is 0 Å². The van der Waals surface area contributed by atoms with Gasteiger partial charge in [-0.2, -0.15) is 0 Å². The van der Waals surface area contributed by atoms with E-state index < -0.39 is 11.2 Å². The number of carbonyl (C=O) groups excluding carboxylic acids is 1. The Hall–Kier alpha value is -1.66. The first-order chi connectivity index (χ1) is 11.5. The van der Waals surface area contributed by atoms with Gasteiger partial charge >= 0.3 is 0 Å². The number of anilines is 1. The molecular weight excluding hydrogens is 306 g/mol. The molecule has 2 heterocycles. The molecule has 1 aromatic rings. The number of β-amino-alcohol motifs (C(OH)–C–C–N with tert-alkyl or cyclic N) is 1. The lowest BCUT2D eigenvalue weighted by molar-refractivity contribution is -0.128. The Balaban J connectivity index is 1.48. The zero-order chi connectivity index (χ0) is 17.0. The van der Waals surface area contributed by atoms with Crippen molar-refractivity contribution in [2.45, 2.75) is 56.1 Å². The molecule has 0 bridgehead atoms. The van der Waals surface area contributed by atoms with Crippen LogP contribution in [0.1, 0.15) is 44.9 Å². The SMILES string of the molecule is O=C(CC1(O)CCCCC1)NC[C@@]1(O)CCN(c2ccccn2)C1. The molecule has 1 aliphatic heterocycles. The van der Waals surface area contributed by atoms with E-state index in [1.54, 1.807) is 6.20 Å². The van der Waals surface area contributed by atoms with Crippen LogP contribution in [0.4, 0.5) is 5.82 Å². The van der Waals surface area contributed by atoms with Crippen LogP contribution in [-0.4, -0.2) is 51.9 Å². The van der Waals surface area contributed by atoms with Crippen molar-refractivity contribution in [2.24, 2.45) is 0 Å². The van der Waals surface area contributed by atoms with Gasteiger partial charge in [-0.1, -0.05) is 25.3 Å². The largest absolute Gasteiger partial charge is 0.389 e. The summed E-state index contributed by atoms with van der Waals surface area (Å²) < 4.78 is 0. The third-order valence-electron chi connectivity index (χ3n) is 5.19. The van der Waals surface area contributed by atoms with Crippen LogP contribution in [0.25, 0.3) is 0 Å². The summed E-state index contributed by atoms with van der Waals surface area (Å²) in [5.41, 5.74) is -1.80. The first-order valence-electron chi connectivity index (χ1n) is 8.86. The molecule has 3 rings (SSSR count). The molecule has 1 saturated carbocycles. The maximum atomic E-state index is 12.2. The Labute approximate surface area is 142 Å². The molecule has 0 radical (unpaired) electrons. The minimum atomic E-state index is -0.942. The van der Waals surface area contributed by atoms with E-state index in [0.717, 1.165) is 25.1 Å². The van der Waals surface area contributed by atoms with E-state index in [9.17, 15) is 15.0 Å². The molecule has 0 aromatic carbocycles. The van der Waals surface area contributed by atoms with E-state index in [-0.39, 0.29) is 18.9 Å². The van der Waals surface area contributed by atoms with Crippen molar-refractivity contribution in [1.82, 2.24) is 10.3 Å². The molecule has 6 nitrogen and oxygen atoms in total. The van der Waals surface area contributed by atoms with Crippen LogP contribution in [0.15, 0.2) is 24.4 Å². The lowest BCUT2D eigenvalue weighted by Crippen LogP contribution is -2.47. The highest BCUT2D eigenvalue weighted by molar-refractivity contribution is 5.77. The second kappa shape index (κ2) is 7.07. The van der Waals surface area contributed by atoms with Crippen molar-refractivity contribution >= 4 is 11.7 Å². The number of aliphatic hydroxyl groups is 2. The summed E-state index contributed by atoms with van der Waals surface area (Å²) >= 11 is 0. The Morgan fingerprint density at radius 3 is 2.67 bits per heavy atom. The number of aromatic nitrogens is 1. The minimum absolute atomic E-state index is 0.132. The van der Waals surface area contributed by atoms with Crippen molar-refractivity contribution < 1.29 is 15.0 Å². The smallest absolute Gasteiger partial charge is 0.222 e. The van der Waals surface area contributed by atoms with Crippen molar-refractivity contribution in [3.8, 4) is 0 Å². The Morgan fingerprint density at radius 1 is 1.17 bits per heavy atom. The zero-order valence-electron chi connectivity index (χ0n) is 14.1. The summed E-state index contributed by atoms with van der Waals surface area (Å²) in [4.78, 5) is 18.5. The topological polar surface area (TPSA) is 85.7 Å². The number of pyridine rings is 1. The van der Waals surface area contributed by atoms with Crippen LogP contribution in [0.3, 0.4) is 0 Å². The number of carbonyl (C=O) groups is 1. The Morgan fingerprint density at radius 2 is 1.96 bits per heavy atom. The number of hydrogen-bond acceptors (Lipinski definition) is 5. The van der Waals surface area contributed by atoms with Gasteiger partial charge in [0, 0.05) is 25.8 Å². The number of amides is 1. The molecule has 3 N–H and O–H groups in total. The number of rotatable bonds is 5. The molecule has 1 aromatic heterocycles. The minimum Gasteiger partial charge on any atom is -0.389 e. The van der Waals surface area contributed by atoms with Gasteiger partial charge in [-0.25, -0.2) is 4.98 Å². The van der Waals surface area contributed by atoms with Crippen LogP contribution in [-0.2, 0) is 4.79 Å². The number of hydrogen-bond donors (Lipinski definition) is 3. The molecule has 6 heteroatoms. The summed E-state index contributed by atoms with van der Waals surface area (Å²) in [6, 6.07) is 5.71. The van der Waals surface area contributed by atoms with Gasteiger partial charge in [0.1, 0.15) is 11.4 Å². The van der Waals surface area contributed by atoms with Gasteiger partial charge in [0.25, 0.3) is 0 Å². The van der Waals surface area contributed by atoms with Crippen molar-refractivity contribution in [3.63, 3.8) is 0 Å². The Kier molecular flexibility index (Phi) is 5.06. The second-order valence-corrected chi connectivity index (χ2v) is 7.32. The van der Waals surface area contributed by atoms with Crippen LogP contribution in [0.2, 0.25) is 0 Å². The fraction of sp³-hybridized carbons (Fsp3) is 0.667. The molecular formula is C18H27N3O3. The molecule has 1 amide bonds. The van der Waals surface area contributed by atoms with E-state index in [1.807, 2.05) is 23.1 Å². The number of nitrogens with one attached hydrogen (secondary N) is 1. The van der Waals surface area contributed by atoms with E-state index >= 15 is 0 Å². The van der Waals surface area contributed by atoms with Gasteiger partial charge in [0.2, 0.25) is 5.91 Å². The predicted molar refractivity (Wildman–Crippen MR) is 91.7 cm³/mol. The van der Waals surface area contributed by atoms with Crippen molar-refractivity contribution in [3.05, 3.63) is 24.4 Å². The number of nitrogens with zero attached hydrogens (tertiary/aromatic N) is 2. The van der Waals surface area contributed by atoms with E-state index in [4.69, 9.17) is 0 Å². The summed E-state index contributed by atoms with van der Waals surface area (Å²) in [7, 11) is 0. The first-order valence-corrected chi connectivity index (χ1v) is 8.86. The molecule has 2 fully saturated rings. The van der Waals surface area contributed by atoms with Gasteiger partial charge in [-0.3, -0.25) is 4.79 Å². The highest BCUT2D eigenvalue weighted by Crippen LogP contribution is 2.31. The fourth-order valence-electron chi connectivity index (χ4n) is 3.75. The lowest BCUT2D eigenvalue weighted by Gasteiger charge is -2.32. The molecule has 1 atom stereocenters. The molecule has 1 saturated heterocycles. The third-order valence-corrected chi connectivity index (χ3v) is 5.19. The van der Waals surface area contributed by atoms with E-state index in [2.05, 4.69) is 10.3 Å². The standard InChI is InChI=1S/C18H27N3O3/c22-16(12-17(23)7-3-1-4-8-17)20-13-18(24)9-11-21(14-18)15-6-2-5-10-19-15/h2,5-6,10,23-24H,1,3-4,7-9,11-14H2,(H,20,22)/t18-/m0/s1. The van der Waals surface area contributed by atoms with Crippen LogP contribution in [0, 0.1) is 0 Å². The highest BCUT2D eigenvalue weighted by atomic mass is 16.3. The van der Waals surface area contributed by atoms with Gasteiger partial charge in [0.05, 0.1) is 12.0 Å². The first kappa shape index (κ1) is 17.2. The average molecular weight is 333 g/mol. The molecule has 24 heavy (non-hydrogen) atoms. The van der Waals surface area contributed by atoms with Gasteiger partial charge in [0.15, 0.2) is 0 Å². The fourth-order valence-corrected chi connectivity index (χ4v) is 3.75. The highest BCUT2D eigenvalue weighted by Gasteiger charge is 2.38. The Bertz CT molecular complexity index is 560. The van der Waals surface area contributed by atoms with Gasteiger partial charge in [-0.15, -0.1) is 0 Å². The summed E-state index contributed by atoms with van der Waals surface area (Å²) in [5, 5.41) is 24.0. The normalized spacial score (nSPS) is 26.3. The predicted octanol–water partition coefficient (Wildman–Crippen LogP) is 1.22. The molecule has 1 aliphatic carbocycles. The molecule has 0 spiro atoms. The van der Waals surface area contributed by atoms with Crippen molar-refractivity contribution in [1.29, 1.82) is 0 Å². The van der Waals surface area contributed by atoms with Gasteiger partial charge in [-0.05, 0) is 31.4 Å². The molecule has 132 valence electrons. The van der Waals surface area contributed by atoms with E-state index in [0.29, 0.717) is 32.4 Å². The van der Waals surface area contributed by atoms with Crippen molar-refractivity contribution in [2.75, 3.05) is 24.5 Å². The van der Waals surface area contributed by atoms with Crippen LogP contribution >= 0.6 is 0 Å². The zero-order valence-corrected chi connectivity index (χ0v) is 14.1. The second-order valence-electron chi connectivity index (χ2n) is 7.32. The maximum absolute atomic E-state index is 12.2. The average Bonchev–Trinajstić information content (AvgIpc) is 2.97. The monoisotopic (exact) mass is 333 g/mol. The maximum Gasteiger partial charge on any atom is 0.222 e. The summed E-state index contributed by atoms with van der Waals surface area (Å²) in [6.07, 6.45) is 6.93. The van der Waals surface area contributed by atoms with Crippen LogP contribution in [0.5, 0.6) is 0 Å². The van der Waals surface area contributed by atoms with Crippen LogP contribution < -0.4 is 10.2 Å². The quantitative estimate of drug-likeness (QED) is 0.754. The summed E-state index contributed by atoms with van der Waals surface area (Å²) in [6.45, 7) is 1.38. The molecule has 2 aliphatic rings. The molecule has 0 unspecified atom stereocenters. The summed E-state index contributed by atoms with van der Waals surface area (Å²) in [5.74, 6) is 0.667. The third kappa shape index (κ3) is 4.24. The van der Waals surface area contributed by atoms with Gasteiger partial charge < -0.3 is 20.4 Å².